The van der Waals surface area contributed by atoms with E-state index in [2.05, 4.69) is 35.4 Å². The summed E-state index contributed by atoms with van der Waals surface area (Å²) in [5.74, 6) is 2.51. The molecule has 1 aliphatic heterocycles. The van der Waals surface area contributed by atoms with E-state index in [0.29, 0.717) is 6.10 Å². The lowest BCUT2D eigenvalue weighted by Gasteiger charge is -2.33. The molecule has 1 unspecified atom stereocenters. The van der Waals surface area contributed by atoms with Crippen molar-refractivity contribution >= 4 is 11.8 Å². The van der Waals surface area contributed by atoms with Crippen molar-refractivity contribution in [3.05, 3.63) is 35.7 Å². The summed E-state index contributed by atoms with van der Waals surface area (Å²) in [5, 5.41) is 0. The minimum absolute atomic E-state index is 0.385. The van der Waals surface area contributed by atoms with Crippen molar-refractivity contribution in [2.75, 3.05) is 26.0 Å². The lowest BCUT2D eigenvalue weighted by atomic mass is 9.85. The molecular formula is C22H30N2O2S. The van der Waals surface area contributed by atoms with E-state index in [4.69, 9.17) is 14.1 Å². The Hall–Kier alpha value is -1.30. The van der Waals surface area contributed by atoms with Crippen molar-refractivity contribution < 1.29 is 9.15 Å². The van der Waals surface area contributed by atoms with Crippen LogP contribution in [-0.4, -0.2) is 41.9 Å². The SMILES string of the molecule is CSc1ccc(-c2nc(CN(CC3CCC3)CC3CCCO3)c(C)o2)cc1. The van der Waals surface area contributed by atoms with Gasteiger partial charge >= 0.3 is 0 Å². The van der Waals surface area contributed by atoms with E-state index in [-0.39, 0.29) is 0 Å². The molecule has 5 heteroatoms. The van der Waals surface area contributed by atoms with E-state index in [9.17, 15) is 0 Å². The number of aryl methyl sites for hydroxylation is 1. The van der Waals surface area contributed by atoms with Gasteiger partial charge in [-0.15, -0.1) is 11.8 Å². The highest BCUT2D eigenvalue weighted by atomic mass is 32.2. The molecule has 1 aliphatic carbocycles. The van der Waals surface area contributed by atoms with Gasteiger partial charge in [-0.05, 0) is 69.0 Å². The van der Waals surface area contributed by atoms with Gasteiger partial charge in [0.05, 0.1) is 11.8 Å². The van der Waals surface area contributed by atoms with Gasteiger partial charge in [0.15, 0.2) is 0 Å². The molecule has 1 aromatic carbocycles. The highest BCUT2D eigenvalue weighted by Gasteiger charge is 2.26. The van der Waals surface area contributed by atoms with Crippen LogP contribution in [0.2, 0.25) is 0 Å². The molecule has 2 fully saturated rings. The lowest BCUT2D eigenvalue weighted by molar-refractivity contribution is 0.0574. The normalized spacial score (nSPS) is 20.3. The summed E-state index contributed by atoms with van der Waals surface area (Å²) < 4.78 is 11.9. The first-order chi connectivity index (χ1) is 13.2. The van der Waals surface area contributed by atoms with Crippen LogP contribution >= 0.6 is 11.8 Å². The molecule has 2 aliphatic rings. The van der Waals surface area contributed by atoms with E-state index in [1.165, 1.54) is 37.0 Å². The molecular weight excluding hydrogens is 356 g/mol. The predicted molar refractivity (Wildman–Crippen MR) is 110 cm³/mol. The van der Waals surface area contributed by atoms with E-state index in [0.717, 1.165) is 55.1 Å². The van der Waals surface area contributed by atoms with Crippen LogP contribution < -0.4 is 0 Å². The van der Waals surface area contributed by atoms with Crippen molar-refractivity contribution in [1.29, 1.82) is 0 Å². The number of hydrogen-bond acceptors (Lipinski definition) is 5. The minimum Gasteiger partial charge on any atom is -0.441 e. The second-order valence-corrected chi connectivity index (χ2v) is 8.76. The second kappa shape index (κ2) is 8.80. The van der Waals surface area contributed by atoms with Gasteiger partial charge in [-0.1, -0.05) is 6.42 Å². The Balaban J connectivity index is 1.46. The predicted octanol–water partition coefficient (Wildman–Crippen LogP) is 5.15. The summed E-state index contributed by atoms with van der Waals surface area (Å²) in [4.78, 5) is 8.65. The van der Waals surface area contributed by atoms with Crippen molar-refractivity contribution in [1.82, 2.24) is 9.88 Å². The molecule has 0 N–H and O–H groups in total. The van der Waals surface area contributed by atoms with E-state index >= 15 is 0 Å². The highest BCUT2D eigenvalue weighted by Crippen LogP contribution is 2.29. The molecule has 1 saturated heterocycles. The van der Waals surface area contributed by atoms with Crippen LogP contribution in [0.4, 0.5) is 0 Å². The Bertz CT molecular complexity index is 733. The number of thioether (sulfide) groups is 1. The summed E-state index contributed by atoms with van der Waals surface area (Å²) in [6.45, 7) is 5.98. The summed E-state index contributed by atoms with van der Waals surface area (Å²) in [6, 6.07) is 8.44. The van der Waals surface area contributed by atoms with Crippen molar-refractivity contribution in [3.63, 3.8) is 0 Å². The molecule has 0 bridgehead atoms. The van der Waals surface area contributed by atoms with Crippen LogP contribution in [-0.2, 0) is 11.3 Å². The largest absolute Gasteiger partial charge is 0.441 e. The Labute approximate surface area is 166 Å². The first-order valence-corrected chi connectivity index (χ1v) is 11.4. The number of ether oxygens (including phenoxy) is 1. The van der Waals surface area contributed by atoms with Crippen LogP contribution in [0, 0.1) is 12.8 Å². The molecule has 2 aromatic rings. The maximum Gasteiger partial charge on any atom is 0.226 e. The van der Waals surface area contributed by atoms with Gasteiger partial charge in [0.25, 0.3) is 0 Å². The summed E-state index contributed by atoms with van der Waals surface area (Å²) in [7, 11) is 0. The number of benzene rings is 1. The molecule has 1 atom stereocenters. The fraction of sp³-hybridized carbons (Fsp3) is 0.591. The zero-order valence-electron chi connectivity index (χ0n) is 16.4. The Kier molecular flexibility index (Phi) is 6.21. The minimum atomic E-state index is 0.385. The molecule has 0 spiro atoms. The number of oxazole rings is 1. The van der Waals surface area contributed by atoms with Crippen LogP contribution in [0.5, 0.6) is 0 Å². The molecule has 27 heavy (non-hydrogen) atoms. The first-order valence-electron chi connectivity index (χ1n) is 10.2. The van der Waals surface area contributed by atoms with Crippen LogP contribution in [0.25, 0.3) is 11.5 Å². The van der Waals surface area contributed by atoms with Crippen molar-refractivity contribution in [2.45, 2.75) is 56.6 Å². The smallest absolute Gasteiger partial charge is 0.226 e. The van der Waals surface area contributed by atoms with E-state index in [1.807, 2.05) is 6.92 Å². The topological polar surface area (TPSA) is 38.5 Å². The molecule has 4 nitrogen and oxygen atoms in total. The summed E-state index contributed by atoms with van der Waals surface area (Å²) in [6.07, 6.45) is 8.98. The monoisotopic (exact) mass is 386 g/mol. The number of rotatable bonds is 8. The molecule has 4 rings (SSSR count). The van der Waals surface area contributed by atoms with Gasteiger partial charge < -0.3 is 9.15 Å². The standard InChI is InChI=1S/C22H30N2O2S/c1-16-21(23-22(26-16)18-8-10-20(27-2)11-9-18)15-24(13-17-5-3-6-17)14-19-7-4-12-25-19/h8-11,17,19H,3-7,12-15H2,1-2H3. The van der Waals surface area contributed by atoms with Gasteiger partial charge in [0.1, 0.15) is 5.76 Å². The van der Waals surface area contributed by atoms with Crippen LogP contribution in [0.15, 0.2) is 33.6 Å². The zero-order chi connectivity index (χ0) is 18.6. The summed E-state index contributed by atoms with van der Waals surface area (Å²) in [5.41, 5.74) is 2.11. The van der Waals surface area contributed by atoms with Gasteiger partial charge in [0, 0.05) is 36.7 Å². The molecule has 2 heterocycles. The average molecular weight is 387 g/mol. The van der Waals surface area contributed by atoms with Crippen molar-refractivity contribution in [2.24, 2.45) is 5.92 Å². The first kappa shape index (κ1) is 19.0. The van der Waals surface area contributed by atoms with Crippen molar-refractivity contribution in [3.8, 4) is 11.5 Å². The van der Waals surface area contributed by atoms with Gasteiger partial charge in [0.2, 0.25) is 5.89 Å². The fourth-order valence-electron chi connectivity index (χ4n) is 3.96. The third-order valence-corrected chi connectivity index (χ3v) is 6.57. The highest BCUT2D eigenvalue weighted by molar-refractivity contribution is 7.98. The number of aromatic nitrogens is 1. The van der Waals surface area contributed by atoms with E-state index < -0.39 is 0 Å². The molecule has 0 radical (unpaired) electrons. The van der Waals surface area contributed by atoms with Gasteiger partial charge in [-0.3, -0.25) is 4.90 Å². The Morgan fingerprint density at radius 2 is 1.93 bits per heavy atom. The summed E-state index contributed by atoms with van der Waals surface area (Å²) >= 11 is 1.75. The van der Waals surface area contributed by atoms with Crippen LogP contribution in [0.1, 0.15) is 43.6 Å². The van der Waals surface area contributed by atoms with E-state index in [1.54, 1.807) is 11.8 Å². The average Bonchev–Trinajstić information content (AvgIpc) is 3.28. The number of nitrogens with zero attached hydrogens (tertiary/aromatic N) is 2. The zero-order valence-corrected chi connectivity index (χ0v) is 17.3. The molecule has 146 valence electrons. The Morgan fingerprint density at radius 1 is 1.11 bits per heavy atom. The van der Waals surface area contributed by atoms with Crippen LogP contribution in [0.3, 0.4) is 0 Å². The maximum atomic E-state index is 6.01. The second-order valence-electron chi connectivity index (χ2n) is 7.88. The van der Waals surface area contributed by atoms with Gasteiger partial charge in [-0.2, -0.15) is 0 Å². The fourth-order valence-corrected chi connectivity index (χ4v) is 4.37. The molecule has 0 amide bonds. The molecule has 1 saturated carbocycles. The van der Waals surface area contributed by atoms with Gasteiger partial charge in [-0.25, -0.2) is 4.98 Å². The third kappa shape index (κ3) is 4.76. The quantitative estimate of drug-likeness (QED) is 0.586. The number of hydrogen-bond donors (Lipinski definition) is 0. The lowest BCUT2D eigenvalue weighted by Crippen LogP contribution is -2.37. The Morgan fingerprint density at radius 3 is 2.56 bits per heavy atom. The maximum absolute atomic E-state index is 6.01. The third-order valence-electron chi connectivity index (χ3n) is 5.83. The molecule has 1 aromatic heterocycles.